The van der Waals surface area contributed by atoms with Gasteiger partial charge in [-0.3, -0.25) is 4.79 Å². The summed E-state index contributed by atoms with van der Waals surface area (Å²) >= 11 is 0. The van der Waals surface area contributed by atoms with Gasteiger partial charge in [0.05, 0.1) is 0 Å². The zero-order valence-electron chi connectivity index (χ0n) is 19.5. The maximum absolute atomic E-state index is 12.1. The van der Waals surface area contributed by atoms with Gasteiger partial charge in [-0.1, -0.05) is 51.0 Å². The Morgan fingerprint density at radius 3 is 2.72 bits per heavy atom. The number of hydrogen-bond acceptors (Lipinski definition) is 1. The van der Waals surface area contributed by atoms with Crippen LogP contribution in [0.3, 0.4) is 0 Å². The first kappa shape index (κ1) is 21.1. The average Bonchev–Trinajstić information content (AvgIpc) is 2.91. The van der Waals surface area contributed by atoms with Gasteiger partial charge < -0.3 is 0 Å². The molecular weight excluding hydrogens is 352 g/mol. The first-order valence-corrected chi connectivity index (χ1v) is 12.3. The van der Waals surface area contributed by atoms with Crippen LogP contribution in [-0.2, 0) is 4.79 Å². The normalized spacial score (nSPS) is 42.2. The molecule has 1 nitrogen and oxygen atoms in total. The minimum Gasteiger partial charge on any atom is -0.295 e. The summed E-state index contributed by atoms with van der Waals surface area (Å²) in [4.78, 5) is 12.1. The predicted molar refractivity (Wildman–Crippen MR) is 123 cm³/mol. The topological polar surface area (TPSA) is 17.1 Å². The Hall–Kier alpha value is -1.11. The minimum absolute atomic E-state index is 0.228. The summed E-state index contributed by atoms with van der Waals surface area (Å²) in [7, 11) is 0. The molecule has 0 radical (unpaired) electrons. The molecule has 4 aliphatic rings. The summed E-state index contributed by atoms with van der Waals surface area (Å²) in [6.07, 6.45) is 20.7. The average molecular weight is 395 g/mol. The van der Waals surface area contributed by atoms with Crippen molar-refractivity contribution in [2.75, 3.05) is 0 Å². The van der Waals surface area contributed by atoms with Crippen LogP contribution in [0.25, 0.3) is 0 Å². The smallest absolute Gasteiger partial charge is 0.156 e. The molecule has 0 bridgehead atoms. The van der Waals surface area contributed by atoms with E-state index in [0.717, 1.165) is 36.5 Å². The Morgan fingerprint density at radius 1 is 1.17 bits per heavy atom. The third kappa shape index (κ3) is 3.61. The lowest BCUT2D eigenvalue weighted by Crippen LogP contribution is -2.43. The van der Waals surface area contributed by atoms with Crippen LogP contribution in [0.1, 0.15) is 92.4 Å². The van der Waals surface area contributed by atoms with Gasteiger partial charge in [-0.05, 0) is 111 Å². The highest BCUT2D eigenvalue weighted by Crippen LogP contribution is 2.64. The Labute approximate surface area is 179 Å². The van der Waals surface area contributed by atoms with Crippen molar-refractivity contribution in [3.8, 4) is 0 Å². The van der Waals surface area contributed by atoms with Crippen LogP contribution < -0.4 is 0 Å². The van der Waals surface area contributed by atoms with E-state index in [1.807, 2.05) is 6.08 Å². The Balaban J connectivity index is 1.59. The molecule has 0 aliphatic heterocycles. The van der Waals surface area contributed by atoms with Gasteiger partial charge in [-0.2, -0.15) is 0 Å². The molecule has 0 saturated heterocycles. The lowest BCUT2D eigenvalue weighted by molar-refractivity contribution is -0.116. The zero-order valence-corrected chi connectivity index (χ0v) is 19.5. The lowest BCUT2D eigenvalue weighted by atomic mass is 9.54. The van der Waals surface area contributed by atoms with Gasteiger partial charge in [-0.15, -0.1) is 0 Å². The van der Waals surface area contributed by atoms with Crippen molar-refractivity contribution in [1.82, 2.24) is 0 Å². The van der Waals surface area contributed by atoms with E-state index in [1.165, 1.54) is 56.1 Å². The number of carbonyl (C=O) groups is 1. The van der Waals surface area contributed by atoms with E-state index in [1.54, 1.807) is 0 Å². The van der Waals surface area contributed by atoms with E-state index >= 15 is 0 Å². The molecule has 160 valence electrons. The largest absolute Gasteiger partial charge is 0.295 e. The molecule has 2 fully saturated rings. The van der Waals surface area contributed by atoms with Crippen molar-refractivity contribution in [3.63, 3.8) is 0 Å². The second kappa shape index (κ2) is 7.86. The Bertz CT molecular complexity index is 735. The molecule has 0 aromatic rings. The summed E-state index contributed by atoms with van der Waals surface area (Å²) in [5.74, 6) is 4.32. The van der Waals surface area contributed by atoms with Crippen molar-refractivity contribution in [2.45, 2.75) is 92.4 Å². The second-order valence-corrected chi connectivity index (χ2v) is 11.6. The van der Waals surface area contributed by atoms with Crippen LogP contribution >= 0.6 is 0 Å². The molecule has 0 spiro atoms. The van der Waals surface area contributed by atoms with Crippen molar-refractivity contribution in [3.05, 3.63) is 35.5 Å². The summed E-state index contributed by atoms with van der Waals surface area (Å²) in [6.45, 7) is 12.1. The number of hydrogen-bond donors (Lipinski definition) is 0. The van der Waals surface area contributed by atoms with E-state index in [9.17, 15) is 4.79 Å². The summed E-state index contributed by atoms with van der Waals surface area (Å²) in [6, 6.07) is 0. The molecule has 2 saturated carbocycles. The molecule has 4 rings (SSSR count). The van der Waals surface area contributed by atoms with Crippen LogP contribution in [-0.4, -0.2) is 5.78 Å². The van der Waals surface area contributed by atoms with Crippen LogP contribution in [0, 0.1) is 40.4 Å². The molecule has 0 aromatic carbocycles. The van der Waals surface area contributed by atoms with Crippen molar-refractivity contribution >= 4 is 5.78 Å². The SMILES string of the molecule is CC(C)=CCC[C@@H](C)[C@H]1CC[C@H]2C3C=CC4=CC(=O)CCC4(C)[C@H]3CCCC12C. The molecule has 1 heteroatoms. The highest BCUT2D eigenvalue weighted by molar-refractivity contribution is 5.92. The van der Waals surface area contributed by atoms with E-state index in [4.69, 9.17) is 0 Å². The second-order valence-electron chi connectivity index (χ2n) is 11.6. The van der Waals surface area contributed by atoms with Gasteiger partial charge in [0.15, 0.2) is 5.78 Å². The molecule has 0 amide bonds. The first-order chi connectivity index (χ1) is 13.8. The molecular formula is C28H42O. The minimum atomic E-state index is 0.228. The summed E-state index contributed by atoms with van der Waals surface area (Å²) in [5, 5.41) is 0. The molecule has 0 heterocycles. The quantitative estimate of drug-likeness (QED) is 0.447. The first-order valence-electron chi connectivity index (χ1n) is 12.3. The highest BCUT2D eigenvalue weighted by atomic mass is 16.1. The fourth-order valence-electron chi connectivity index (χ4n) is 8.04. The van der Waals surface area contributed by atoms with Crippen LogP contribution in [0.15, 0.2) is 35.5 Å². The summed E-state index contributed by atoms with van der Waals surface area (Å²) < 4.78 is 0. The van der Waals surface area contributed by atoms with Gasteiger partial charge in [0.25, 0.3) is 0 Å². The van der Waals surface area contributed by atoms with Crippen molar-refractivity contribution in [1.29, 1.82) is 0 Å². The highest BCUT2D eigenvalue weighted by Gasteiger charge is 2.56. The molecule has 3 unspecified atom stereocenters. The Morgan fingerprint density at radius 2 is 1.97 bits per heavy atom. The van der Waals surface area contributed by atoms with E-state index < -0.39 is 0 Å². The van der Waals surface area contributed by atoms with E-state index in [0.29, 0.717) is 17.1 Å². The number of fused-ring (bicyclic) bond motifs is 5. The van der Waals surface area contributed by atoms with Gasteiger partial charge >= 0.3 is 0 Å². The van der Waals surface area contributed by atoms with Crippen LogP contribution in [0.5, 0.6) is 0 Å². The van der Waals surface area contributed by atoms with Gasteiger partial charge in [-0.25, -0.2) is 0 Å². The fourth-order valence-corrected chi connectivity index (χ4v) is 8.04. The third-order valence-corrected chi connectivity index (χ3v) is 9.69. The maximum Gasteiger partial charge on any atom is 0.156 e. The summed E-state index contributed by atoms with van der Waals surface area (Å²) in [5.41, 5.74) is 3.52. The van der Waals surface area contributed by atoms with Crippen molar-refractivity contribution in [2.24, 2.45) is 40.4 Å². The van der Waals surface area contributed by atoms with Gasteiger partial charge in [0, 0.05) is 6.42 Å². The number of rotatable bonds is 4. The van der Waals surface area contributed by atoms with Crippen LogP contribution in [0.2, 0.25) is 0 Å². The fraction of sp³-hybridized carbons (Fsp3) is 0.750. The maximum atomic E-state index is 12.1. The molecule has 4 aliphatic carbocycles. The number of ketones is 1. The van der Waals surface area contributed by atoms with Gasteiger partial charge in [0.1, 0.15) is 0 Å². The standard InChI is InChI=1S/C28H42O/c1-19(2)8-6-9-20(3)24-13-14-26-23-12-11-21-18-22(29)15-17-27(21,4)25(23)10-7-16-28(24,26)5/h8,11-12,18,20,23-26H,6-7,9-10,13-17H2,1-5H3/t20-,23?,24-,25+,26+,27?,28?/m1/s1. The van der Waals surface area contributed by atoms with Gasteiger partial charge in [0.2, 0.25) is 0 Å². The zero-order chi connectivity index (χ0) is 20.8. The molecule has 7 atom stereocenters. The monoisotopic (exact) mass is 394 g/mol. The third-order valence-electron chi connectivity index (χ3n) is 9.69. The number of allylic oxidation sites excluding steroid dienone is 6. The van der Waals surface area contributed by atoms with E-state index in [-0.39, 0.29) is 5.41 Å². The van der Waals surface area contributed by atoms with Crippen molar-refractivity contribution < 1.29 is 4.79 Å². The molecule has 0 aromatic heterocycles. The van der Waals surface area contributed by atoms with E-state index in [2.05, 4.69) is 52.8 Å². The molecule has 29 heavy (non-hydrogen) atoms. The number of carbonyl (C=O) groups excluding carboxylic acids is 1. The predicted octanol–water partition coefficient (Wildman–Crippen LogP) is 7.68. The molecule has 0 N–H and O–H groups in total. The van der Waals surface area contributed by atoms with Crippen LogP contribution in [0.4, 0.5) is 0 Å². The Kier molecular flexibility index (Phi) is 5.73. The lowest BCUT2D eigenvalue weighted by Gasteiger charge is -2.50.